The summed E-state index contributed by atoms with van der Waals surface area (Å²) in [6, 6.07) is 11.7. The molecule has 8 heteroatoms. The van der Waals surface area contributed by atoms with Gasteiger partial charge >= 0.3 is 0 Å². The molecule has 0 bridgehead atoms. The number of benzene rings is 2. The Labute approximate surface area is 147 Å². The molecule has 1 aliphatic heterocycles. The lowest BCUT2D eigenvalue weighted by Crippen LogP contribution is -2.20. The van der Waals surface area contributed by atoms with Gasteiger partial charge in [0.15, 0.2) is 17.3 Å². The van der Waals surface area contributed by atoms with Gasteiger partial charge in [-0.05, 0) is 35.9 Å². The number of phenols is 2. The van der Waals surface area contributed by atoms with Gasteiger partial charge in [-0.1, -0.05) is 12.1 Å². The van der Waals surface area contributed by atoms with Crippen molar-refractivity contribution in [2.45, 2.75) is 0 Å². The second-order valence-electron chi connectivity index (χ2n) is 5.82. The minimum atomic E-state index is -0.255. The number of nitrogens with zero attached hydrogens (tertiary/aromatic N) is 3. The summed E-state index contributed by atoms with van der Waals surface area (Å²) in [5, 5.41) is 42.9. The van der Waals surface area contributed by atoms with E-state index in [1.165, 1.54) is 23.4 Å². The normalized spacial score (nSPS) is 14.9. The summed E-state index contributed by atoms with van der Waals surface area (Å²) >= 11 is 0. The van der Waals surface area contributed by atoms with Gasteiger partial charge < -0.3 is 20.3 Å². The lowest BCUT2D eigenvalue weighted by Gasteiger charge is -2.11. The zero-order chi connectivity index (χ0) is 18.3. The Hall–Kier alpha value is -3.81. The third-order valence-electron chi connectivity index (χ3n) is 4.05. The first-order valence-electron chi connectivity index (χ1n) is 7.82. The van der Waals surface area contributed by atoms with Gasteiger partial charge in [0.1, 0.15) is 23.7 Å². The number of hydrazone groups is 1. The van der Waals surface area contributed by atoms with E-state index in [-0.39, 0.29) is 29.6 Å². The molecule has 2 aromatic carbocycles. The molecular weight excluding hydrogens is 334 g/mol. The second kappa shape index (κ2) is 5.92. The van der Waals surface area contributed by atoms with Crippen molar-refractivity contribution in [3.8, 4) is 11.5 Å². The van der Waals surface area contributed by atoms with E-state index < -0.39 is 0 Å². The molecule has 0 atom stereocenters. The summed E-state index contributed by atoms with van der Waals surface area (Å²) in [6.45, 7) is 0.0474. The first-order chi connectivity index (χ1) is 12.5. The zero-order valence-corrected chi connectivity index (χ0v) is 13.5. The molecule has 0 unspecified atom stereocenters. The van der Waals surface area contributed by atoms with Gasteiger partial charge in [0.2, 0.25) is 0 Å². The molecular formula is C18H15N5O3. The molecule has 26 heavy (non-hydrogen) atoms. The lowest BCUT2D eigenvalue weighted by molar-refractivity contribution is 0.358. The van der Waals surface area contributed by atoms with Crippen molar-refractivity contribution in [1.82, 2.24) is 15.0 Å². The van der Waals surface area contributed by atoms with Gasteiger partial charge in [-0.25, -0.2) is 9.99 Å². The van der Waals surface area contributed by atoms with Crippen molar-refractivity contribution in [3.63, 3.8) is 0 Å². The summed E-state index contributed by atoms with van der Waals surface area (Å²) in [6.07, 6.45) is 1.43. The van der Waals surface area contributed by atoms with Crippen LogP contribution in [0.25, 0.3) is 16.6 Å². The van der Waals surface area contributed by atoms with Gasteiger partial charge in [0.25, 0.3) is 0 Å². The Morgan fingerprint density at radius 2 is 1.92 bits per heavy atom. The van der Waals surface area contributed by atoms with Gasteiger partial charge in [0, 0.05) is 0 Å². The average Bonchev–Trinajstić information content (AvgIpc) is 3.16. The summed E-state index contributed by atoms with van der Waals surface area (Å²) in [5.74, 6) is -0.0498. The predicted octanol–water partition coefficient (Wildman–Crippen LogP) is 2.57. The van der Waals surface area contributed by atoms with Crippen LogP contribution in [0.15, 0.2) is 53.3 Å². The number of hydrogen-bond donors (Lipinski definition) is 5. The standard InChI is InChI=1S/C18H15N5O3/c19-17-16(18-21-11-3-1-2-4-12(11)22-18)15(26)9-23(17)20-8-10-5-6-13(24)14(25)7-10/h1-8,19,24-26H,9H2,(H,21,22). The quantitative estimate of drug-likeness (QED) is 0.367. The number of aromatic amines is 1. The molecule has 1 aromatic heterocycles. The smallest absolute Gasteiger partial charge is 0.158 e. The molecule has 0 spiro atoms. The molecule has 4 rings (SSSR count). The second-order valence-corrected chi connectivity index (χ2v) is 5.82. The summed E-state index contributed by atoms with van der Waals surface area (Å²) < 4.78 is 0. The van der Waals surface area contributed by atoms with Crippen molar-refractivity contribution >= 4 is 28.7 Å². The number of phenolic OH excluding ortho intramolecular Hbond substituents is 2. The van der Waals surface area contributed by atoms with E-state index in [9.17, 15) is 15.3 Å². The third-order valence-corrected chi connectivity index (χ3v) is 4.05. The maximum absolute atomic E-state index is 10.3. The maximum Gasteiger partial charge on any atom is 0.158 e. The van der Waals surface area contributed by atoms with Crippen molar-refractivity contribution in [1.29, 1.82) is 5.41 Å². The van der Waals surface area contributed by atoms with Gasteiger partial charge in [-0.3, -0.25) is 5.41 Å². The van der Waals surface area contributed by atoms with E-state index in [2.05, 4.69) is 15.1 Å². The SMILES string of the molecule is N=C1C(c2nc3ccccc3[nH]2)=C(O)CN1N=Cc1ccc(O)c(O)c1. The summed E-state index contributed by atoms with van der Waals surface area (Å²) in [5.41, 5.74) is 2.41. The highest BCUT2D eigenvalue weighted by Crippen LogP contribution is 2.28. The molecule has 1 aliphatic rings. The van der Waals surface area contributed by atoms with Crippen molar-refractivity contribution in [2.24, 2.45) is 5.10 Å². The first kappa shape index (κ1) is 15.7. The van der Waals surface area contributed by atoms with Crippen LogP contribution < -0.4 is 0 Å². The van der Waals surface area contributed by atoms with E-state index in [1.54, 1.807) is 6.07 Å². The fourth-order valence-corrected chi connectivity index (χ4v) is 2.74. The highest BCUT2D eigenvalue weighted by atomic mass is 16.3. The molecule has 0 saturated carbocycles. The molecule has 3 aromatic rings. The van der Waals surface area contributed by atoms with Crippen LogP contribution in [0.5, 0.6) is 11.5 Å². The number of fused-ring (bicyclic) bond motifs is 1. The monoisotopic (exact) mass is 349 g/mol. The van der Waals surface area contributed by atoms with Crippen LogP contribution in [-0.2, 0) is 0 Å². The van der Waals surface area contributed by atoms with Crippen LogP contribution in [0.2, 0.25) is 0 Å². The van der Waals surface area contributed by atoms with Crippen LogP contribution >= 0.6 is 0 Å². The number of H-pyrrole nitrogens is 1. The number of aliphatic hydroxyl groups excluding tert-OH is 1. The Kier molecular flexibility index (Phi) is 3.58. The first-order valence-corrected chi connectivity index (χ1v) is 7.82. The minimum absolute atomic E-state index is 0.000223. The Morgan fingerprint density at radius 3 is 2.69 bits per heavy atom. The molecule has 130 valence electrons. The number of nitrogens with one attached hydrogen (secondary N) is 2. The largest absolute Gasteiger partial charge is 0.509 e. The van der Waals surface area contributed by atoms with Crippen molar-refractivity contribution < 1.29 is 15.3 Å². The van der Waals surface area contributed by atoms with Gasteiger partial charge in [-0.2, -0.15) is 5.10 Å². The number of hydrogen-bond acceptors (Lipinski definition) is 6. The molecule has 0 radical (unpaired) electrons. The van der Waals surface area contributed by atoms with Crippen molar-refractivity contribution in [3.05, 3.63) is 59.6 Å². The number of imidazole rings is 1. The van der Waals surface area contributed by atoms with Crippen molar-refractivity contribution in [2.75, 3.05) is 6.54 Å². The fraction of sp³-hybridized carbons (Fsp3) is 0.0556. The molecule has 0 aliphatic carbocycles. The third kappa shape index (κ3) is 2.63. The fourth-order valence-electron chi connectivity index (χ4n) is 2.74. The number of rotatable bonds is 3. The van der Waals surface area contributed by atoms with Gasteiger partial charge in [0.05, 0.1) is 17.2 Å². The van der Waals surface area contributed by atoms with Crippen LogP contribution in [0.4, 0.5) is 0 Å². The van der Waals surface area contributed by atoms with E-state index in [0.717, 1.165) is 11.0 Å². The van der Waals surface area contributed by atoms with E-state index >= 15 is 0 Å². The average molecular weight is 349 g/mol. The number of aromatic nitrogens is 2. The number of aromatic hydroxyl groups is 2. The molecule has 2 heterocycles. The van der Waals surface area contributed by atoms with Crippen LogP contribution in [-0.4, -0.2) is 48.9 Å². The van der Waals surface area contributed by atoms with Crippen LogP contribution in [0.1, 0.15) is 11.4 Å². The summed E-state index contributed by atoms with van der Waals surface area (Å²) in [7, 11) is 0. The molecule has 8 nitrogen and oxygen atoms in total. The molecule has 0 amide bonds. The number of para-hydroxylation sites is 2. The maximum atomic E-state index is 10.3. The predicted molar refractivity (Wildman–Crippen MR) is 97.4 cm³/mol. The molecule has 5 N–H and O–H groups in total. The molecule has 0 saturated heterocycles. The Morgan fingerprint density at radius 1 is 1.12 bits per heavy atom. The van der Waals surface area contributed by atoms with E-state index in [0.29, 0.717) is 17.0 Å². The topological polar surface area (TPSA) is 129 Å². The Balaban J connectivity index is 1.59. The lowest BCUT2D eigenvalue weighted by atomic mass is 10.2. The highest BCUT2D eigenvalue weighted by molar-refractivity contribution is 6.23. The highest BCUT2D eigenvalue weighted by Gasteiger charge is 2.30. The number of aliphatic hydroxyl groups is 1. The van der Waals surface area contributed by atoms with Crippen LogP contribution in [0.3, 0.4) is 0 Å². The van der Waals surface area contributed by atoms with E-state index in [1.807, 2.05) is 24.3 Å². The molecule has 0 fully saturated rings. The summed E-state index contributed by atoms with van der Waals surface area (Å²) in [4.78, 5) is 7.51. The Bertz CT molecular complexity index is 1050. The van der Waals surface area contributed by atoms with Gasteiger partial charge in [-0.15, -0.1) is 0 Å². The number of amidine groups is 1. The minimum Gasteiger partial charge on any atom is -0.509 e. The van der Waals surface area contributed by atoms with E-state index in [4.69, 9.17) is 5.41 Å². The van der Waals surface area contributed by atoms with Crippen LogP contribution in [0, 0.1) is 5.41 Å². The zero-order valence-electron chi connectivity index (χ0n) is 13.5.